The van der Waals surface area contributed by atoms with Crippen LogP contribution in [0.25, 0.3) is 0 Å². The molecule has 1 N–H and O–H groups in total. The van der Waals surface area contributed by atoms with Crippen molar-refractivity contribution in [1.82, 2.24) is 10.2 Å². The highest BCUT2D eigenvalue weighted by molar-refractivity contribution is 4.80. The van der Waals surface area contributed by atoms with Crippen LogP contribution >= 0.6 is 0 Å². The molecule has 88 valence electrons. The molecule has 1 heterocycles. The Hall–Kier alpha value is -0.0800. The van der Waals surface area contributed by atoms with E-state index in [4.69, 9.17) is 0 Å². The summed E-state index contributed by atoms with van der Waals surface area (Å²) < 4.78 is 0. The molecule has 0 aromatic heterocycles. The van der Waals surface area contributed by atoms with Crippen LogP contribution in [-0.2, 0) is 0 Å². The second kappa shape index (κ2) is 5.31. The van der Waals surface area contributed by atoms with E-state index in [0.29, 0.717) is 0 Å². The molecule has 1 aliphatic heterocycles. The molecule has 1 aliphatic carbocycles. The molecule has 2 fully saturated rings. The summed E-state index contributed by atoms with van der Waals surface area (Å²) in [6.45, 7) is 8.45. The lowest BCUT2D eigenvalue weighted by Crippen LogP contribution is -2.45. The summed E-state index contributed by atoms with van der Waals surface area (Å²) in [6.07, 6.45) is 7.11. The third-order valence-electron chi connectivity index (χ3n) is 3.94. The van der Waals surface area contributed by atoms with Gasteiger partial charge < -0.3 is 10.2 Å². The van der Waals surface area contributed by atoms with Crippen molar-refractivity contribution in [2.75, 3.05) is 19.6 Å². The van der Waals surface area contributed by atoms with Crippen LogP contribution < -0.4 is 5.32 Å². The predicted molar refractivity (Wildman–Crippen MR) is 65.1 cm³/mol. The lowest BCUT2D eigenvalue weighted by Gasteiger charge is -2.35. The summed E-state index contributed by atoms with van der Waals surface area (Å²) in [5.41, 5.74) is 0. The molecule has 0 spiro atoms. The Morgan fingerprint density at radius 2 is 1.80 bits per heavy atom. The van der Waals surface area contributed by atoms with E-state index in [1.165, 1.54) is 51.7 Å². The van der Waals surface area contributed by atoms with E-state index in [1.807, 2.05) is 0 Å². The highest BCUT2D eigenvalue weighted by Crippen LogP contribution is 2.31. The van der Waals surface area contributed by atoms with E-state index in [9.17, 15) is 0 Å². The predicted octanol–water partition coefficient (Wildman–Crippen LogP) is 2.25. The van der Waals surface area contributed by atoms with Crippen molar-refractivity contribution in [2.24, 2.45) is 5.92 Å². The fourth-order valence-corrected chi connectivity index (χ4v) is 2.52. The number of rotatable bonds is 5. The van der Waals surface area contributed by atoms with Crippen molar-refractivity contribution in [1.29, 1.82) is 0 Å². The van der Waals surface area contributed by atoms with E-state index < -0.39 is 0 Å². The first-order valence-corrected chi connectivity index (χ1v) is 6.73. The van der Waals surface area contributed by atoms with Crippen molar-refractivity contribution < 1.29 is 0 Å². The maximum Gasteiger partial charge on any atom is 0.00914 e. The lowest BCUT2D eigenvalue weighted by molar-refractivity contribution is 0.161. The van der Waals surface area contributed by atoms with Crippen molar-refractivity contribution in [2.45, 2.75) is 58.0 Å². The van der Waals surface area contributed by atoms with Gasteiger partial charge in [-0.15, -0.1) is 0 Å². The number of likely N-dealkylation sites (tertiary alicyclic amines) is 1. The Balaban J connectivity index is 1.56. The molecule has 0 unspecified atom stereocenters. The van der Waals surface area contributed by atoms with Crippen LogP contribution in [0.4, 0.5) is 0 Å². The van der Waals surface area contributed by atoms with Crippen LogP contribution in [0.5, 0.6) is 0 Å². The lowest BCUT2D eigenvalue weighted by atomic mass is 10.0. The van der Waals surface area contributed by atoms with Gasteiger partial charge in [-0.25, -0.2) is 0 Å². The van der Waals surface area contributed by atoms with Gasteiger partial charge in [0.25, 0.3) is 0 Å². The van der Waals surface area contributed by atoms with Crippen LogP contribution in [0.2, 0.25) is 0 Å². The number of nitrogens with one attached hydrogen (secondary N) is 1. The van der Waals surface area contributed by atoms with Crippen molar-refractivity contribution in [3.8, 4) is 0 Å². The zero-order chi connectivity index (χ0) is 10.7. The number of hydrogen-bond donors (Lipinski definition) is 1. The summed E-state index contributed by atoms with van der Waals surface area (Å²) in [6, 6.07) is 1.54. The largest absolute Gasteiger partial charge is 0.314 e. The second-order valence-electron chi connectivity index (χ2n) is 5.59. The highest BCUT2D eigenvalue weighted by Gasteiger charge is 2.23. The Kier molecular flexibility index (Phi) is 4.04. The van der Waals surface area contributed by atoms with Gasteiger partial charge in [0.2, 0.25) is 0 Å². The number of piperidine rings is 1. The van der Waals surface area contributed by atoms with E-state index in [0.717, 1.165) is 18.0 Å². The molecule has 0 bridgehead atoms. The standard InChI is InChI=1S/C13H26N2/c1-11(2)15-9-6-13(7-10-15)14-8-5-12-3-4-12/h11-14H,3-10H2,1-2H3. The molecule has 2 rings (SSSR count). The number of nitrogens with zero attached hydrogens (tertiary/aromatic N) is 1. The summed E-state index contributed by atoms with van der Waals surface area (Å²) in [7, 11) is 0. The van der Waals surface area contributed by atoms with Crippen LogP contribution in [-0.4, -0.2) is 36.6 Å². The molecule has 1 saturated carbocycles. The first-order chi connectivity index (χ1) is 7.25. The summed E-state index contributed by atoms with van der Waals surface area (Å²) in [5.74, 6) is 1.08. The van der Waals surface area contributed by atoms with E-state index in [2.05, 4.69) is 24.1 Å². The quantitative estimate of drug-likeness (QED) is 0.749. The third-order valence-corrected chi connectivity index (χ3v) is 3.94. The Labute approximate surface area is 94.4 Å². The van der Waals surface area contributed by atoms with Gasteiger partial charge in [-0.2, -0.15) is 0 Å². The SMILES string of the molecule is CC(C)N1CCC(NCCC2CC2)CC1. The normalized spacial score (nSPS) is 25.0. The zero-order valence-electron chi connectivity index (χ0n) is 10.3. The van der Waals surface area contributed by atoms with E-state index in [-0.39, 0.29) is 0 Å². The molecule has 0 aromatic carbocycles. The smallest absolute Gasteiger partial charge is 0.00914 e. The van der Waals surface area contributed by atoms with Gasteiger partial charge in [-0.3, -0.25) is 0 Å². The van der Waals surface area contributed by atoms with Crippen molar-refractivity contribution >= 4 is 0 Å². The van der Waals surface area contributed by atoms with Gasteiger partial charge in [-0.05, 0) is 58.7 Å². The van der Waals surface area contributed by atoms with Crippen molar-refractivity contribution in [3.63, 3.8) is 0 Å². The monoisotopic (exact) mass is 210 g/mol. The molecule has 15 heavy (non-hydrogen) atoms. The molecule has 1 saturated heterocycles. The van der Waals surface area contributed by atoms with Crippen molar-refractivity contribution in [3.05, 3.63) is 0 Å². The van der Waals surface area contributed by atoms with Gasteiger partial charge in [0.15, 0.2) is 0 Å². The van der Waals surface area contributed by atoms with E-state index in [1.54, 1.807) is 0 Å². The molecule has 0 amide bonds. The summed E-state index contributed by atoms with van der Waals surface area (Å²) >= 11 is 0. The van der Waals surface area contributed by atoms with Crippen LogP contribution in [0.1, 0.15) is 46.0 Å². The minimum Gasteiger partial charge on any atom is -0.314 e. The molecule has 2 aliphatic rings. The van der Waals surface area contributed by atoms with E-state index >= 15 is 0 Å². The molecule has 2 heteroatoms. The third kappa shape index (κ3) is 3.76. The Morgan fingerprint density at radius 1 is 1.13 bits per heavy atom. The first-order valence-electron chi connectivity index (χ1n) is 6.73. The number of hydrogen-bond acceptors (Lipinski definition) is 2. The molecule has 0 radical (unpaired) electrons. The van der Waals surface area contributed by atoms with Gasteiger partial charge in [0, 0.05) is 12.1 Å². The fraction of sp³-hybridized carbons (Fsp3) is 1.00. The van der Waals surface area contributed by atoms with Gasteiger partial charge in [0.1, 0.15) is 0 Å². The van der Waals surface area contributed by atoms with Gasteiger partial charge in [-0.1, -0.05) is 12.8 Å². The van der Waals surface area contributed by atoms with Crippen LogP contribution in [0, 0.1) is 5.92 Å². The average Bonchev–Trinajstić information content (AvgIpc) is 3.02. The topological polar surface area (TPSA) is 15.3 Å². The Morgan fingerprint density at radius 3 is 2.33 bits per heavy atom. The first kappa shape index (κ1) is 11.4. The maximum atomic E-state index is 3.73. The minimum atomic E-state index is 0.734. The summed E-state index contributed by atoms with van der Waals surface area (Å²) in [5, 5.41) is 3.73. The van der Waals surface area contributed by atoms with Gasteiger partial charge >= 0.3 is 0 Å². The highest BCUT2D eigenvalue weighted by atomic mass is 15.2. The average molecular weight is 210 g/mol. The molecular formula is C13H26N2. The molecule has 0 aromatic rings. The molecular weight excluding hydrogens is 184 g/mol. The molecule has 0 atom stereocenters. The minimum absolute atomic E-state index is 0.734. The van der Waals surface area contributed by atoms with Gasteiger partial charge in [0.05, 0.1) is 0 Å². The molecule has 2 nitrogen and oxygen atoms in total. The summed E-state index contributed by atoms with van der Waals surface area (Å²) in [4.78, 5) is 2.60. The zero-order valence-corrected chi connectivity index (χ0v) is 10.3. The van der Waals surface area contributed by atoms with Crippen LogP contribution in [0.15, 0.2) is 0 Å². The van der Waals surface area contributed by atoms with Crippen LogP contribution in [0.3, 0.4) is 0 Å². The maximum absolute atomic E-state index is 3.73. The second-order valence-corrected chi connectivity index (χ2v) is 5.59. The fourth-order valence-electron chi connectivity index (χ4n) is 2.52. The Bertz CT molecular complexity index is 176.